The van der Waals surface area contributed by atoms with Gasteiger partial charge in [0.1, 0.15) is 12.4 Å². The number of hydrogen-bond donors (Lipinski definition) is 0. The highest BCUT2D eigenvalue weighted by molar-refractivity contribution is 5.70. The topological polar surface area (TPSA) is 71.1 Å². The zero-order valence-electron chi connectivity index (χ0n) is 33.4. The van der Waals surface area contributed by atoms with E-state index in [9.17, 15) is 9.59 Å². The summed E-state index contributed by atoms with van der Waals surface area (Å²) in [7, 11) is 1.64. The third-order valence-electron chi connectivity index (χ3n) is 9.59. The molecule has 0 aliphatic carbocycles. The molecule has 6 heteroatoms. The van der Waals surface area contributed by atoms with E-state index >= 15 is 0 Å². The lowest BCUT2D eigenvalue weighted by molar-refractivity contribution is -0.163. The molecule has 0 bridgehead atoms. The van der Waals surface area contributed by atoms with Gasteiger partial charge in [0.2, 0.25) is 0 Å². The predicted octanol–water partition coefficient (Wildman–Crippen LogP) is 13.2. The van der Waals surface area contributed by atoms with Gasteiger partial charge in [0.05, 0.1) is 20.3 Å². The van der Waals surface area contributed by atoms with E-state index in [-0.39, 0.29) is 25.2 Å². The van der Waals surface area contributed by atoms with Gasteiger partial charge in [-0.05, 0) is 56.2 Å². The zero-order valence-corrected chi connectivity index (χ0v) is 33.4. The molecule has 0 N–H and O–H groups in total. The maximum Gasteiger partial charge on any atom is 0.306 e. The molecule has 0 saturated carbocycles. The fourth-order valence-corrected chi connectivity index (χ4v) is 6.28. The molecule has 0 radical (unpaired) electrons. The van der Waals surface area contributed by atoms with Crippen molar-refractivity contribution < 1.29 is 28.5 Å². The van der Waals surface area contributed by atoms with Crippen LogP contribution in [0.3, 0.4) is 0 Å². The average molecular weight is 715 g/mol. The van der Waals surface area contributed by atoms with Crippen molar-refractivity contribution in [3.8, 4) is 5.75 Å². The van der Waals surface area contributed by atoms with Crippen LogP contribution in [-0.4, -0.2) is 38.4 Å². The summed E-state index contributed by atoms with van der Waals surface area (Å²) < 4.78 is 22.4. The van der Waals surface area contributed by atoms with Crippen molar-refractivity contribution in [3.05, 3.63) is 42.0 Å². The predicted molar refractivity (Wildman–Crippen MR) is 213 cm³/mol. The first-order valence-corrected chi connectivity index (χ1v) is 21.3. The van der Waals surface area contributed by atoms with Crippen molar-refractivity contribution in [1.82, 2.24) is 0 Å². The number of esters is 2. The van der Waals surface area contributed by atoms with Crippen LogP contribution in [0.5, 0.6) is 5.75 Å². The van der Waals surface area contributed by atoms with Gasteiger partial charge < -0.3 is 18.9 Å². The van der Waals surface area contributed by atoms with Crippen molar-refractivity contribution >= 4 is 11.9 Å². The Labute approximate surface area is 314 Å². The van der Waals surface area contributed by atoms with Crippen LogP contribution in [0.4, 0.5) is 0 Å². The molecule has 1 atom stereocenters. The number of unbranched alkanes of at least 4 members (excludes halogenated alkanes) is 23. The Balaban J connectivity index is 2.24. The summed E-state index contributed by atoms with van der Waals surface area (Å²) in [4.78, 5) is 25.2. The average Bonchev–Trinajstić information content (AvgIpc) is 3.14. The number of carbonyl (C=O) groups excluding carboxylic acids is 2. The Morgan fingerprint density at radius 1 is 0.549 bits per heavy atom. The number of benzene rings is 1. The van der Waals surface area contributed by atoms with Crippen LogP contribution in [0.15, 0.2) is 36.4 Å². The van der Waals surface area contributed by atoms with Gasteiger partial charge in [-0.2, -0.15) is 0 Å². The molecule has 6 nitrogen and oxygen atoms in total. The second-order valence-electron chi connectivity index (χ2n) is 14.5. The minimum absolute atomic E-state index is 0.0247. The van der Waals surface area contributed by atoms with E-state index in [0.717, 1.165) is 56.3 Å². The highest BCUT2D eigenvalue weighted by atomic mass is 16.6. The van der Waals surface area contributed by atoms with E-state index in [4.69, 9.17) is 18.9 Å². The Morgan fingerprint density at radius 2 is 0.980 bits per heavy atom. The van der Waals surface area contributed by atoms with Gasteiger partial charge in [0.15, 0.2) is 6.10 Å². The lowest BCUT2D eigenvalue weighted by Crippen LogP contribution is -2.29. The fraction of sp³-hybridized carbons (Fsp3) is 0.778. The SMILES string of the molecule is CCCCCCCC/C=C\CCCCCCCC(=O)OC[C@H](COCc1ccc(OC)cc1)OC(=O)CCCCCCCCCCCCCCC. The van der Waals surface area contributed by atoms with Crippen molar-refractivity contribution in [3.63, 3.8) is 0 Å². The van der Waals surface area contributed by atoms with Gasteiger partial charge in [-0.25, -0.2) is 0 Å². The van der Waals surface area contributed by atoms with Gasteiger partial charge in [0, 0.05) is 12.8 Å². The molecular formula is C45H78O6. The molecule has 1 aromatic carbocycles. The first-order chi connectivity index (χ1) is 25.1. The lowest BCUT2D eigenvalue weighted by atomic mass is 10.0. The maximum atomic E-state index is 12.7. The van der Waals surface area contributed by atoms with E-state index in [1.54, 1.807) is 7.11 Å². The summed E-state index contributed by atoms with van der Waals surface area (Å²) in [6.45, 7) is 5.11. The van der Waals surface area contributed by atoms with Crippen LogP contribution in [0.1, 0.15) is 199 Å². The summed E-state index contributed by atoms with van der Waals surface area (Å²) in [5.74, 6) is 0.307. The largest absolute Gasteiger partial charge is 0.497 e. The number of carbonyl (C=O) groups is 2. The minimum Gasteiger partial charge on any atom is -0.497 e. The summed E-state index contributed by atoms with van der Waals surface area (Å²) in [5.41, 5.74) is 0.994. The van der Waals surface area contributed by atoms with Crippen molar-refractivity contribution in [2.24, 2.45) is 0 Å². The number of rotatable bonds is 37. The van der Waals surface area contributed by atoms with Gasteiger partial charge in [0.25, 0.3) is 0 Å². The number of methoxy groups -OCH3 is 1. The smallest absolute Gasteiger partial charge is 0.306 e. The van der Waals surface area contributed by atoms with Crippen LogP contribution < -0.4 is 4.74 Å². The third kappa shape index (κ3) is 31.0. The van der Waals surface area contributed by atoms with Crippen molar-refractivity contribution in [2.45, 2.75) is 206 Å². The second kappa shape index (κ2) is 36.0. The molecule has 0 aromatic heterocycles. The summed E-state index contributed by atoms with van der Waals surface area (Å²) in [6, 6.07) is 7.68. The van der Waals surface area contributed by atoms with E-state index in [1.165, 1.54) is 122 Å². The fourth-order valence-electron chi connectivity index (χ4n) is 6.28. The molecule has 0 saturated heterocycles. The Kier molecular flexibility index (Phi) is 33.0. The second-order valence-corrected chi connectivity index (χ2v) is 14.5. The number of hydrogen-bond acceptors (Lipinski definition) is 6. The molecule has 51 heavy (non-hydrogen) atoms. The quantitative estimate of drug-likeness (QED) is 0.0388. The molecule has 0 amide bonds. The maximum absolute atomic E-state index is 12.7. The summed E-state index contributed by atoms with van der Waals surface area (Å²) >= 11 is 0. The standard InChI is InChI=1S/C45H78O6/c1-4-6-8-10-12-14-16-18-19-21-22-24-26-28-30-32-44(46)50-40-43(39-49-38-41-34-36-42(48-3)37-35-41)51-45(47)33-31-29-27-25-23-20-17-15-13-11-9-7-5-2/h18-19,34-37,43H,4-17,20-33,38-40H2,1-3H3/b19-18-/t43-/m0/s1. The first kappa shape index (κ1) is 46.7. The summed E-state index contributed by atoms with van der Waals surface area (Å²) in [6.07, 6.45) is 37.1. The molecular weight excluding hydrogens is 636 g/mol. The zero-order chi connectivity index (χ0) is 36.9. The number of allylic oxidation sites excluding steroid dienone is 2. The molecule has 0 fully saturated rings. The highest BCUT2D eigenvalue weighted by Gasteiger charge is 2.18. The molecule has 1 rings (SSSR count). The van der Waals surface area contributed by atoms with E-state index in [2.05, 4.69) is 26.0 Å². The van der Waals surface area contributed by atoms with Crippen molar-refractivity contribution in [1.29, 1.82) is 0 Å². The summed E-state index contributed by atoms with van der Waals surface area (Å²) in [5, 5.41) is 0. The lowest BCUT2D eigenvalue weighted by Gasteiger charge is -2.18. The van der Waals surface area contributed by atoms with Gasteiger partial charge in [-0.15, -0.1) is 0 Å². The highest BCUT2D eigenvalue weighted by Crippen LogP contribution is 2.15. The van der Waals surface area contributed by atoms with Gasteiger partial charge >= 0.3 is 11.9 Å². The van der Waals surface area contributed by atoms with Crippen LogP contribution >= 0.6 is 0 Å². The monoisotopic (exact) mass is 715 g/mol. The molecule has 1 aromatic rings. The molecule has 0 heterocycles. The van der Waals surface area contributed by atoms with E-state index < -0.39 is 6.10 Å². The number of ether oxygens (including phenoxy) is 4. The third-order valence-corrected chi connectivity index (χ3v) is 9.59. The van der Waals surface area contributed by atoms with Crippen molar-refractivity contribution in [2.75, 3.05) is 20.3 Å². The van der Waals surface area contributed by atoms with Crippen LogP contribution in [0.25, 0.3) is 0 Å². The van der Waals surface area contributed by atoms with E-state index in [0.29, 0.717) is 19.4 Å². The molecule has 0 aliphatic heterocycles. The molecule has 294 valence electrons. The molecule has 0 aliphatic rings. The Morgan fingerprint density at radius 3 is 1.45 bits per heavy atom. The normalized spacial score (nSPS) is 12.0. The first-order valence-electron chi connectivity index (χ1n) is 21.3. The van der Waals surface area contributed by atoms with E-state index in [1.807, 2.05) is 24.3 Å². The van der Waals surface area contributed by atoms with Gasteiger partial charge in [-0.1, -0.05) is 167 Å². The Hall–Kier alpha value is -2.34. The van der Waals surface area contributed by atoms with Crippen LogP contribution in [-0.2, 0) is 30.4 Å². The minimum atomic E-state index is -0.615. The Bertz CT molecular complexity index is 943. The van der Waals surface area contributed by atoms with Crippen LogP contribution in [0.2, 0.25) is 0 Å². The molecule has 0 unspecified atom stereocenters. The van der Waals surface area contributed by atoms with Crippen LogP contribution in [0, 0.1) is 0 Å². The molecule has 0 spiro atoms. The van der Waals surface area contributed by atoms with Gasteiger partial charge in [-0.3, -0.25) is 9.59 Å².